The van der Waals surface area contributed by atoms with Gasteiger partial charge in [0.25, 0.3) is 5.91 Å². The minimum absolute atomic E-state index is 0.0170. The number of hydrogen-bond donors (Lipinski definition) is 2. The fraction of sp³-hybridized carbons (Fsp3) is 0.393. The number of nitrogens with zero attached hydrogens (tertiary/aromatic N) is 2. The maximum absolute atomic E-state index is 14.4. The van der Waals surface area contributed by atoms with E-state index in [1.807, 2.05) is 25.1 Å². The average Bonchev–Trinajstić information content (AvgIpc) is 2.96. The molecular weight excluding hydrogens is 687 g/mol. The number of fused-ring (bicyclic) bond motifs is 1. The summed E-state index contributed by atoms with van der Waals surface area (Å²) >= 11 is 3.54. The summed E-state index contributed by atoms with van der Waals surface area (Å²) in [4.78, 5) is 33.5. The summed E-state index contributed by atoms with van der Waals surface area (Å²) in [6.07, 6.45) is -5.27. The zero-order valence-electron chi connectivity index (χ0n) is 30.3. The Hall–Kier alpha value is -2.69. The van der Waals surface area contributed by atoms with E-state index in [0.29, 0.717) is 27.8 Å². The molecule has 7 nitrogen and oxygen atoms in total. The van der Waals surface area contributed by atoms with Gasteiger partial charge < -0.3 is 20.1 Å². The van der Waals surface area contributed by atoms with Crippen LogP contribution in [0, 0.1) is 6.92 Å². The molecule has 1 unspecified atom stereocenters. The van der Waals surface area contributed by atoms with Gasteiger partial charge in [-0.25, -0.2) is 4.98 Å². The molecule has 1 saturated heterocycles. The summed E-state index contributed by atoms with van der Waals surface area (Å²) in [7, 11) is 22.7. The maximum atomic E-state index is 14.4. The van der Waals surface area contributed by atoms with E-state index in [-0.39, 0.29) is 40.6 Å². The van der Waals surface area contributed by atoms with E-state index in [4.69, 9.17) is 4.98 Å². The van der Waals surface area contributed by atoms with Crippen molar-refractivity contribution in [2.45, 2.75) is 58.4 Å². The van der Waals surface area contributed by atoms with E-state index in [2.05, 4.69) is 109 Å². The van der Waals surface area contributed by atoms with Crippen molar-refractivity contribution in [3.63, 3.8) is 0 Å². The molecule has 0 spiro atoms. The van der Waals surface area contributed by atoms with Crippen LogP contribution in [0.1, 0.15) is 40.2 Å². The minimum atomic E-state index is -4.94. The second kappa shape index (κ2) is 13.1. The number of carbonyl (C=O) groups is 2. The van der Waals surface area contributed by atoms with E-state index in [1.165, 1.54) is 18.2 Å². The molecule has 4 rings (SSSR count). The maximum Gasteiger partial charge on any atom is 0.573 e. The molecule has 0 aliphatic carbocycles. The zero-order chi connectivity index (χ0) is 37.1. The molecule has 1 atom stereocenters. The number of piperidine rings is 1. The first-order valence-corrected chi connectivity index (χ1v) is 17.3. The number of aliphatic carboxylic acids is 1. The number of carboxylic acids is 1. The summed E-state index contributed by atoms with van der Waals surface area (Å²) in [6.45, 7) is 1.77. The SMILES string of the molecule is BC1(B)N(c2nc3ccc(Br)cc3c(C(=O)NCC(CCC(=O)O)c3ccccc3OC(F)(F)F)c2C)C(B)(B)C(B)(B)C(B)(B)C1(B)B. The molecule has 1 amide bonds. The first-order valence-electron chi connectivity index (χ1n) is 16.5. The van der Waals surface area contributed by atoms with Crippen LogP contribution in [0.5, 0.6) is 5.75 Å². The number of nitrogens with one attached hydrogen (secondary N) is 1. The van der Waals surface area contributed by atoms with Crippen molar-refractivity contribution in [1.29, 1.82) is 0 Å². The van der Waals surface area contributed by atoms with Gasteiger partial charge in [0.05, 0.1) is 58.2 Å². The monoisotopic (exact) mass is 727 g/mol. The second-order valence-electron chi connectivity index (χ2n) is 15.9. The average molecular weight is 727 g/mol. The number of anilines is 1. The Labute approximate surface area is 304 Å². The number of halogens is 4. The lowest BCUT2D eigenvalue weighted by Crippen LogP contribution is -2.81. The van der Waals surface area contributed by atoms with Gasteiger partial charge in [-0.15, -0.1) is 13.2 Å². The number of para-hydroxylation sites is 1. The van der Waals surface area contributed by atoms with Gasteiger partial charge in [0.1, 0.15) is 43.0 Å². The van der Waals surface area contributed by atoms with Crippen LogP contribution >= 0.6 is 15.9 Å². The fourth-order valence-electron chi connectivity index (χ4n) is 7.93. The van der Waals surface area contributed by atoms with Crippen LogP contribution in [0.15, 0.2) is 46.9 Å². The standard InChI is InChI=1S/C28H39B10BrF3N3O4/c1-12-20(22(48)43-11-13(6-9-19(46)47)15-4-2-3-5-18(15)49-28(40,41)42)16-10-14(39)7-8-17(16)44-21(12)45-26(35,36)24(31,32)23(29,30)25(33,34)27(45,37)38/h2-5,7-8,10,13H,6,9,11,29-38H2,1H3,(H,43,48)(H,46,47). The number of rotatable bonds is 9. The van der Waals surface area contributed by atoms with Crippen molar-refractivity contribution in [3.8, 4) is 5.75 Å². The highest BCUT2D eigenvalue weighted by molar-refractivity contribution is 9.10. The number of amides is 1. The highest BCUT2D eigenvalue weighted by atomic mass is 79.9. The Morgan fingerprint density at radius 1 is 0.959 bits per heavy atom. The van der Waals surface area contributed by atoms with Gasteiger partial charge in [0.15, 0.2) is 0 Å². The van der Waals surface area contributed by atoms with Crippen LogP contribution < -0.4 is 15.0 Å². The predicted molar refractivity (Wildman–Crippen MR) is 221 cm³/mol. The third-order valence-electron chi connectivity index (χ3n) is 12.7. The molecule has 0 bridgehead atoms. The number of pyridine rings is 1. The van der Waals surface area contributed by atoms with Crippen molar-refractivity contribution >= 4 is 123 Å². The Bertz CT molecular complexity index is 1770. The zero-order valence-corrected chi connectivity index (χ0v) is 31.9. The summed E-state index contributed by atoms with van der Waals surface area (Å²) < 4.78 is 44.9. The molecule has 49 heavy (non-hydrogen) atoms. The van der Waals surface area contributed by atoms with Gasteiger partial charge >= 0.3 is 12.3 Å². The highest BCUT2D eigenvalue weighted by Gasteiger charge is 2.66. The Kier molecular flexibility index (Phi) is 10.5. The lowest BCUT2D eigenvalue weighted by molar-refractivity contribution is -0.275. The van der Waals surface area contributed by atoms with E-state index in [9.17, 15) is 27.9 Å². The summed E-state index contributed by atoms with van der Waals surface area (Å²) in [5.41, 5.74) is 1.83. The van der Waals surface area contributed by atoms with Crippen molar-refractivity contribution in [3.05, 3.63) is 63.6 Å². The molecule has 2 N–H and O–H groups in total. The van der Waals surface area contributed by atoms with E-state index in [1.54, 1.807) is 6.07 Å². The number of ether oxygens (including phenoxy) is 1. The van der Waals surface area contributed by atoms with Crippen molar-refractivity contribution < 1.29 is 32.6 Å². The van der Waals surface area contributed by atoms with Crippen molar-refractivity contribution in [2.24, 2.45) is 0 Å². The lowest BCUT2D eigenvalue weighted by Gasteiger charge is -2.77. The Morgan fingerprint density at radius 3 is 2.08 bits per heavy atom. The van der Waals surface area contributed by atoms with Gasteiger partial charge in [0.2, 0.25) is 0 Å². The fourth-order valence-corrected chi connectivity index (χ4v) is 8.29. The van der Waals surface area contributed by atoms with Crippen LogP contribution in [0.3, 0.4) is 0 Å². The molecular formula is C28H39B10BrF3N3O4. The topological polar surface area (TPSA) is 91.8 Å². The summed E-state index contributed by atoms with van der Waals surface area (Å²) in [5, 5.41) is 11.6. The third kappa shape index (κ3) is 6.74. The normalized spacial score (nSPS) is 19.5. The van der Waals surface area contributed by atoms with E-state index in [0.717, 1.165) is 4.47 Å². The summed E-state index contributed by atoms with van der Waals surface area (Å²) in [6, 6.07) is 11.2. The van der Waals surface area contributed by atoms with Crippen molar-refractivity contribution in [1.82, 2.24) is 10.3 Å². The molecule has 2 aromatic carbocycles. The quantitative estimate of drug-likeness (QED) is 0.222. The van der Waals surface area contributed by atoms with Gasteiger partial charge in [-0.2, -0.15) is 0 Å². The largest absolute Gasteiger partial charge is 0.573 e. The number of benzene rings is 2. The van der Waals surface area contributed by atoms with Crippen LogP contribution in [0.2, 0.25) is 15.6 Å². The van der Waals surface area contributed by atoms with Gasteiger partial charge in [-0.05, 0) is 53.8 Å². The van der Waals surface area contributed by atoms with Crippen molar-refractivity contribution in [2.75, 3.05) is 11.4 Å². The summed E-state index contributed by atoms with van der Waals surface area (Å²) in [5.74, 6) is -2.07. The molecule has 248 valence electrons. The molecule has 0 radical (unpaired) electrons. The van der Waals surface area contributed by atoms with Crippen LogP contribution in [0.4, 0.5) is 19.0 Å². The highest BCUT2D eigenvalue weighted by Crippen LogP contribution is 2.69. The second-order valence-corrected chi connectivity index (χ2v) is 16.8. The van der Waals surface area contributed by atoms with E-state index >= 15 is 0 Å². The van der Waals surface area contributed by atoms with Crippen LogP contribution in [-0.4, -0.2) is 124 Å². The Balaban J connectivity index is 1.87. The minimum Gasteiger partial charge on any atom is -0.481 e. The molecule has 1 aromatic heterocycles. The molecule has 3 aromatic rings. The molecule has 1 aliphatic heterocycles. The number of aromatic nitrogens is 1. The lowest BCUT2D eigenvalue weighted by atomic mass is 9.05. The van der Waals surface area contributed by atoms with Crippen LogP contribution in [0.25, 0.3) is 10.9 Å². The number of carboxylic acid groups (broad SMARTS) is 1. The number of hydrogen-bond acceptors (Lipinski definition) is 5. The molecule has 1 aliphatic rings. The predicted octanol–water partition coefficient (Wildman–Crippen LogP) is -3.61. The van der Waals surface area contributed by atoms with Crippen LogP contribution in [-0.2, 0) is 4.79 Å². The first kappa shape index (κ1) is 39.1. The molecule has 1 fully saturated rings. The van der Waals surface area contributed by atoms with Gasteiger partial charge in [0, 0.05) is 34.3 Å². The first-order chi connectivity index (χ1) is 22.3. The number of alkyl halides is 3. The van der Waals surface area contributed by atoms with E-state index < -0.39 is 40.6 Å². The smallest absolute Gasteiger partial charge is 0.481 e. The molecule has 0 saturated carbocycles. The molecule has 21 heteroatoms. The Morgan fingerprint density at radius 2 is 1.53 bits per heavy atom. The van der Waals surface area contributed by atoms with Gasteiger partial charge in [-0.3, -0.25) is 9.59 Å². The van der Waals surface area contributed by atoms with Gasteiger partial charge in [-0.1, -0.05) is 49.8 Å². The number of carbonyl (C=O) groups excluding carboxylic acids is 1. The molecule has 2 heterocycles. The third-order valence-corrected chi connectivity index (χ3v) is 13.2.